The second-order valence-electron chi connectivity index (χ2n) is 4.60. The molecule has 0 radical (unpaired) electrons. The van der Waals surface area contributed by atoms with Gasteiger partial charge in [-0.3, -0.25) is 4.79 Å². The molecular weight excluding hydrogens is 384 g/mol. The summed E-state index contributed by atoms with van der Waals surface area (Å²) in [5.74, 6) is -1.61. The third kappa shape index (κ3) is 5.54. The molecule has 10 heteroatoms. The first-order valence-corrected chi connectivity index (χ1v) is 7.28. The van der Waals surface area contributed by atoms with Crippen LogP contribution in [0.3, 0.4) is 0 Å². The number of phenols is 1. The number of hydrazone groups is 1. The van der Waals surface area contributed by atoms with Crippen LogP contribution in [0, 0.1) is 0 Å². The molecule has 0 bridgehead atoms. The standard InChI is InChI=1S/C15H9Cl2F3N2O3/c16-10-4-9(13(23)12(17)6-10)7-21-22-14(24)8-2-1-3-11(5-8)25-15(18,19)20/h1-7,23H,(H,22,24)/b21-7+. The van der Waals surface area contributed by atoms with E-state index in [9.17, 15) is 23.1 Å². The number of halogens is 5. The smallest absolute Gasteiger partial charge is 0.506 e. The van der Waals surface area contributed by atoms with E-state index >= 15 is 0 Å². The van der Waals surface area contributed by atoms with E-state index in [-0.39, 0.29) is 26.9 Å². The summed E-state index contributed by atoms with van der Waals surface area (Å²) in [5, 5.41) is 13.6. The first kappa shape index (κ1) is 18.9. The van der Waals surface area contributed by atoms with Crippen molar-refractivity contribution >= 4 is 35.3 Å². The van der Waals surface area contributed by atoms with Crippen LogP contribution in [0.4, 0.5) is 13.2 Å². The number of nitrogens with zero attached hydrogens (tertiary/aromatic N) is 1. The number of rotatable bonds is 4. The maximum Gasteiger partial charge on any atom is 0.573 e. The second-order valence-corrected chi connectivity index (χ2v) is 5.44. The molecule has 0 aromatic heterocycles. The van der Waals surface area contributed by atoms with Crippen molar-refractivity contribution in [3.8, 4) is 11.5 Å². The summed E-state index contributed by atoms with van der Waals surface area (Å²) >= 11 is 11.5. The Bertz CT molecular complexity index is 826. The zero-order valence-electron chi connectivity index (χ0n) is 12.1. The molecule has 0 fully saturated rings. The van der Waals surface area contributed by atoms with E-state index in [1.165, 1.54) is 24.3 Å². The van der Waals surface area contributed by atoms with E-state index in [0.717, 1.165) is 18.3 Å². The van der Waals surface area contributed by atoms with Crippen LogP contribution in [-0.2, 0) is 0 Å². The van der Waals surface area contributed by atoms with Gasteiger partial charge in [-0.15, -0.1) is 13.2 Å². The molecule has 0 aliphatic rings. The number of amides is 1. The largest absolute Gasteiger partial charge is 0.573 e. The summed E-state index contributed by atoms with van der Waals surface area (Å²) in [5.41, 5.74) is 2.14. The number of aromatic hydroxyl groups is 1. The summed E-state index contributed by atoms with van der Waals surface area (Å²) in [6.07, 6.45) is -3.78. The van der Waals surface area contributed by atoms with Gasteiger partial charge in [0.1, 0.15) is 11.5 Å². The van der Waals surface area contributed by atoms with E-state index in [1.807, 2.05) is 0 Å². The van der Waals surface area contributed by atoms with Gasteiger partial charge < -0.3 is 9.84 Å². The average Bonchev–Trinajstić information content (AvgIpc) is 2.50. The van der Waals surface area contributed by atoms with Gasteiger partial charge in [-0.05, 0) is 30.3 Å². The van der Waals surface area contributed by atoms with Gasteiger partial charge in [0, 0.05) is 16.1 Å². The zero-order valence-corrected chi connectivity index (χ0v) is 13.7. The predicted molar refractivity (Wildman–Crippen MR) is 86.3 cm³/mol. The van der Waals surface area contributed by atoms with E-state index in [1.54, 1.807) is 0 Å². The molecule has 0 aliphatic heterocycles. The Hall–Kier alpha value is -2.45. The summed E-state index contributed by atoms with van der Waals surface area (Å²) in [6, 6.07) is 7.15. The van der Waals surface area contributed by atoms with Crippen molar-refractivity contribution in [2.45, 2.75) is 6.36 Å². The highest BCUT2D eigenvalue weighted by Gasteiger charge is 2.31. The van der Waals surface area contributed by atoms with Crippen molar-refractivity contribution in [3.05, 3.63) is 57.6 Å². The van der Waals surface area contributed by atoms with Gasteiger partial charge in [0.05, 0.1) is 11.2 Å². The zero-order chi connectivity index (χ0) is 18.6. The van der Waals surface area contributed by atoms with Crippen molar-refractivity contribution in [1.82, 2.24) is 5.43 Å². The van der Waals surface area contributed by atoms with Crippen molar-refractivity contribution in [2.75, 3.05) is 0 Å². The molecule has 0 spiro atoms. The first-order valence-electron chi connectivity index (χ1n) is 6.53. The Labute approximate surface area is 149 Å². The summed E-state index contributed by atoms with van der Waals surface area (Å²) in [7, 11) is 0. The van der Waals surface area contributed by atoms with Crippen molar-refractivity contribution < 1.29 is 27.8 Å². The molecule has 1 amide bonds. The van der Waals surface area contributed by atoms with Crippen molar-refractivity contribution in [3.63, 3.8) is 0 Å². The fourth-order valence-electron chi connectivity index (χ4n) is 1.74. The molecule has 25 heavy (non-hydrogen) atoms. The number of nitrogens with one attached hydrogen (secondary N) is 1. The summed E-state index contributed by atoms with van der Waals surface area (Å²) < 4.78 is 40.3. The molecular formula is C15H9Cl2F3N2O3. The monoisotopic (exact) mass is 392 g/mol. The number of ether oxygens (including phenoxy) is 1. The van der Waals surface area contributed by atoms with E-state index < -0.39 is 18.0 Å². The number of hydrogen-bond donors (Lipinski definition) is 2. The molecule has 132 valence electrons. The second kappa shape index (κ2) is 7.62. The molecule has 0 saturated heterocycles. The first-order chi connectivity index (χ1) is 11.7. The Balaban J connectivity index is 2.09. The Morgan fingerprint density at radius 3 is 2.64 bits per heavy atom. The van der Waals surface area contributed by atoms with Gasteiger partial charge >= 0.3 is 6.36 Å². The highest BCUT2D eigenvalue weighted by Crippen LogP contribution is 2.30. The number of phenolic OH excluding ortho intramolecular Hbond substituents is 1. The quantitative estimate of drug-likeness (QED) is 0.599. The molecule has 0 saturated carbocycles. The van der Waals surface area contributed by atoms with Crippen LogP contribution < -0.4 is 10.2 Å². The lowest BCUT2D eigenvalue weighted by Crippen LogP contribution is -2.19. The minimum Gasteiger partial charge on any atom is -0.506 e. The molecule has 2 aromatic rings. The SMILES string of the molecule is O=C(N/N=C/c1cc(Cl)cc(Cl)c1O)c1cccc(OC(F)(F)F)c1. The van der Waals surface area contributed by atoms with Crippen molar-refractivity contribution in [1.29, 1.82) is 0 Å². The minimum absolute atomic E-state index is 0.00252. The third-order valence-electron chi connectivity index (χ3n) is 2.76. The lowest BCUT2D eigenvalue weighted by Gasteiger charge is -2.09. The minimum atomic E-state index is -4.86. The Morgan fingerprint density at radius 1 is 1.24 bits per heavy atom. The normalized spacial score (nSPS) is 11.6. The van der Waals surface area contributed by atoms with Gasteiger partial charge in [-0.25, -0.2) is 5.43 Å². The molecule has 2 N–H and O–H groups in total. The highest BCUT2D eigenvalue weighted by molar-refractivity contribution is 6.36. The van der Waals surface area contributed by atoms with Gasteiger partial charge in [0.25, 0.3) is 5.91 Å². The molecule has 2 rings (SSSR count). The fraction of sp³-hybridized carbons (Fsp3) is 0.0667. The Kier molecular flexibility index (Phi) is 5.76. The lowest BCUT2D eigenvalue weighted by molar-refractivity contribution is -0.274. The average molecular weight is 393 g/mol. The van der Waals surface area contributed by atoms with Crippen LogP contribution in [0.25, 0.3) is 0 Å². The topological polar surface area (TPSA) is 70.9 Å². The van der Waals surface area contributed by atoms with Gasteiger partial charge in [0.2, 0.25) is 0 Å². The fourth-order valence-corrected chi connectivity index (χ4v) is 2.25. The van der Waals surface area contributed by atoms with Crippen molar-refractivity contribution in [2.24, 2.45) is 5.10 Å². The number of hydrogen-bond acceptors (Lipinski definition) is 4. The van der Waals surface area contributed by atoms with Crippen LogP contribution in [0.1, 0.15) is 15.9 Å². The maximum absolute atomic E-state index is 12.2. The lowest BCUT2D eigenvalue weighted by atomic mass is 10.2. The molecule has 0 aliphatic carbocycles. The van der Waals surface area contributed by atoms with E-state index in [2.05, 4.69) is 15.3 Å². The highest BCUT2D eigenvalue weighted by atomic mass is 35.5. The number of carbonyl (C=O) groups is 1. The summed E-state index contributed by atoms with van der Waals surface area (Å²) in [4.78, 5) is 11.9. The van der Waals surface area contributed by atoms with Gasteiger partial charge in [-0.1, -0.05) is 29.3 Å². The van der Waals surface area contributed by atoms with Gasteiger partial charge in [0.15, 0.2) is 0 Å². The predicted octanol–water partition coefficient (Wildman–Crippen LogP) is 4.36. The van der Waals surface area contributed by atoms with Crippen LogP contribution in [-0.4, -0.2) is 23.6 Å². The van der Waals surface area contributed by atoms with Crippen LogP contribution in [0.15, 0.2) is 41.5 Å². The number of carbonyl (C=O) groups excluding carboxylic acids is 1. The van der Waals surface area contributed by atoms with Crippen LogP contribution in [0.5, 0.6) is 11.5 Å². The molecule has 0 heterocycles. The van der Waals surface area contributed by atoms with E-state index in [0.29, 0.717) is 0 Å². The van der Waals surface area contributed by atoms with Crippen LogP contribution in [0.2, 0.25) is 10.0 Å². The molecule has 5 nitrogen and oxygen atoms in total. The molecule has 0 atom stereocenters. The number of benzene rings is 2. The third-order valence-corrected chi connectivity index (χ3v) is 3.26. The number of alkyl halides is 3. The molecule has 2 aromatic carbocycles. The molecule has 0 unspecified atom stereocenters. The Morgan fingerprint density at radius 2 is 1.96 bits per heavy atom. The summed E-state index contributed by atoms with van der Waals surface area (Å²) in [6.45, 7) is 0. The van der Waals surface area contributed by atoms with Crippen LogP contribution >= 0.6 is 23.2 Å². The maximum atomic E-state index is 12.2. The van der Waals surface area contributed by atoms with Gasteiger partial charge in [-0.2, -0.15) is 5.10 Å². The van der Waals surface area contributed by atoms with E-state index in [4.69, 9.17) is 23.2 Å².